The minimum absolute atomic E-state index is 0.0908. The summed E-state index contributed by atoms with van der Waals surface area (Å²) in [6.07, 6.45) is 4.84. The first-order valence-electron chi connectivity index (χ1n) is 6.24. The first kappa shape index (κ1) is 14.7. The zero-order valence-corrected chi connectivity index (χ0v) is 11.4. The maximum atomic E-state index is 11.1. The van der Waals surface area contributed by atoms with Gasteiger partial charge in [0.2, 0.25) is 0 Å². The lowest BCUT2D eigenvalue weighted by Crippen LogP contribution is -2.05. The molecule has 1 N–H and O–H groups in total. The lowest BCUT2D eigenvalue weighted by molar-refractivity contribution is -0.135. The summed E-state index contributed by atoms with van der Waals surface area (Å²) in [5.41, 5.74) is 2.79. The van der Waals surface area contributed by atoms with E-state index < -0.39 is 6.10 Å². The Bertz CT molecular complexity index is 387. The summed E-state index contributed by atoms with van der Waals surface area (Å²) in [6, 6.07) is 0. The van der Waals surface area contributed by atoms with Gasteiger partial charge in [-0.25, -0.2) is 4.79 Å². The number of allylic oxidation sites excluding steroid dienone is 2. The minimum atomic E-state index is -0.434. The van der Waals surface area contributed by atoms with Crippen LogP contribution in [-0.2, 0) is 9.53 Å². The van der Waals surface area contributed by atoms with Gasteiger partial charge >= 0.3 is 5.97 Å². The van der Waals surface area contributed by atoms with Crippen LogP contribution in [0.25, 0.3) is 0 Å². The largest absolute Gasteiger partial charge is 0.462 e. The zero-order valence-electron chi connectivity index (χ0n) is 11.4. The van der Waals surface area contributed by atoms with Crippen molar-refractivity contribution in [3.8, 4) is 0 Å². The molecule has 0 amide bonds. The summed E-state index contributed by atoms with van der Waals surface area (Å²) >= 11 is 0. The summed E-state index contributed by atoms with van der Waals surface area (Å²) in [5, 5.41) is 9.76. The van der Waals surface area contributed by atoms with Crippen LogP contribution in [0.15, 0.2) is 35.5 Å². The Balaban J connectivity index is 2.45. The maximum absolute atomic E-state index is 11.1. The third-order valence-corrected chi connectivity index (χ3v) is 2.98. The van der Waals surface area contributed by atoms with Crippen LogP contribution >= 0.6 is 0 Å². The lowest BCUT2D eigenvalue weighted by Gasteiger charge is -2.08. The topological polar surface area (TPSA) is 46.5 Å². The normalized spacial score (nSPS) is 21.8. The molecule has 1 heterocycles. The predicted molar refractivity (Wildman–Crippen MR) is 72.0 cm³/mol. The number of carbonyl (C=O) groups excluding carboxylic acids is 1. The molecule has 0 spiro atoms. The molecule has 2 unspecified atom stereocenters. The number of ether oxygens (including phenoxy) is 1. The van der Waals surface area contributed by atoms with E-state index >= 15 is 0 Å². The van der Waals surface area contributed by atoms with Gasteiger partial charge in [0.05, 0.1) is 12.7 Å². The van der Waals surface area contributed by atoms with Crippen molar-refractivity contribution < 1.29 is 14.6 Å². The predicted octanol–water partition coefficient (Wildman–Crippen LogP) is 2.77. The Hall–Kier alpha value is -1.35. The molecule has 3 nitrogen and oxygen atoms in total. The molecule has 1 saturated heterocycles. The lowest BCUT2D eigenvalue weighted by atomic mass is 9.97. The standard InChI is InChI=1S/C15H22O3/c1-10(2)7-14(16)8-11(3)5-6-13-9-18-15(17)12(13)4/h5,7,13-14,16H,4,6,8-9H2,1-3H3. The van der Waals surface area contributed by atoms with Crippen molar-refractivity contribution in [1.82, 2.24) is 0 Å². The molecule has 2 atom stereocenters. The van der Waals surface area contributed by atoms with Gasteiger partial charge < -0.3 is 9.84 Å². The molecule has 0 aliphatic carbocycles. The highest BCUT2D eigenvalue weighted by Gasteiger charge is 2.27. The van der Waals surface area contributed by atoms with Gasteiger partial charge in [0.25, 0.3) is 0 Å². The van der Waals surface area contributed by atoms with Crippen LogP contribution in [0, 0.1) is 5.92 Å². The van der Waals surface area contributed by atoms with Crippen molar-refractivity contribution in [3.05, 3.63) is 35.5 Å². The maximum Gasteiger partial charge on any atom is 0.333 e. The SMILES string of the molecule is C=C1C(=O)OCC1CC=C(C)CC(O)C=C(C)C. The van der Waals surface area contributed by atoms with Gasteiger partial charge in [-0.1, -0.05) is 29.9 Å². The van der Waals surface area contributed by atoms with E-state index in [1.807, 2.05) is 26.8 Å². The number of rotatable bonds is 5. The van der Waals surface area contributed by atoms with Gasteiger partial charge in [0.1, 0.15) is 0 Å². The van der Waals surface area contributed by atoms with Gasteiger partial charge in [-0.3, -0.25) is 0 Å². The molecule has 0 radical (unpaired) electrons. The second-order valence-corrected chi connectivity index (χ2v) is 5.12. The number of esters is 1. The van der Waals surface area contributed by atoms with Crippen LogP contribution in [0.1, 0.15) is 33.6 Å². The van der Waals surface area contributed by atoms with E-state index in [4.69, 9.17) is 4.74 Å². The summed E-state index contributed by atoms with van der Waals surface area (Å²) in [6.45, 7) is 10.1. The Kier molecular flexibility index (Phi) is 5.35. The highest BCUT2D eigenvalue weighted by molar-refractivity contribution is 5.90. The van der Waals surface area contributed by atoms with Crippen LogP contribution in [0.3, 0.4) is 0 Å². The molecule has 0 bridgehead atoms. The monoisotopic (exact) mass is 250 g/mol. The molecule has 1 rings (SSSR count). The van der Waals surface area contributed by atoms with E-state index in [0.717, 1.165) is 17.6 Å². The highest BCUT2D eigenvalue weighted by Crippen LogP contribution is 2.24. The van der Waals surface area contributed by atoms with Gasteiger partial charge in [-0.15, -0.1) is 0 Å². The molecule has 100 valence electrons. The number of carbonyl (C=O) groups is 1. The molecule has 0 aromatic heterocycles. The number of hydrogen-bond acceptors (Lipinski definition) is 3. The third-order valence-electron chi connectivity index (χ3n) is 2.98. The molecule has 1 fully saturated rings. The second kappa shape index (κ2) is 6.55. The molecule has 1 aliphatic heterocycles. The first-order chi connectivity index (χ1) is 8.40. The van der Waals surface area contributed by atoms with Gasteiger partial charge in [0.15, 0.2) is 0 Å². The molecule has 0 aromatic rings. The van der Waals surface area contributed by atoms with Crippen LogP contribution in [0.4, 0.5) is 0 Å². The quantitative estimate of drug-likeness (QED) is 0.463. The van der Waals surface area contributed by atoms with E-state index in [1.165, 1.54) is 0 Å². The van der Waals surface area contributed by atoms with E-state index in [0.29, 0.717) is 18.6 Å². The van der Waals surface area contributed by atoms with E-state index in [-0.39, 0.29) is 11.9 Å². The fourth-order valence-corrected chi connectivity index (χ4v) is 1.95. The number of cyclic esters (lactones) is 1. The van der Waals surface area contributed by atoms with Crippen LogP contribution in [0.5, 0.6) is 0 Å². The Morgan fingerprint density at radius 3 is 2.72 bits per heavy atom. The summed E-state index contributed by atoms with van der Waals surface area (Å²) in [7, 11) is 0. The van der Waals surface area contributed by atoms with Gasteiger partial charge in [-0.2, -0.15) is 0 Å². The summed E-state index contributed by atoms with van der Waals surface area (Å²) in [4.78, 5) is 11.1. The van der Waals surface area contributed by atoms with Crippen LogP contribution < -0.4 is 0 Å². The van der Waals surface area contributed by atoms with Crippen molar-refractivity contribution in [2.45, 2.75) is 39.7 Å². The van der Waals surface area contributed by atoms with E-state index in [9.17, 15) is 9.90 Å². The molecule has 18 heavy (non-hydrogen) atoms. The highest BCUT2D eigenvalue weighted by atomic mass is 16.5. The smallest absolute Gasteiger partial charge is 0.333 e. The average Bonchev–Trinajstić information content (AvgIpc) is 2.56. The third kappa shape index (κ3) is 4.49. The van der Waals surface area contributed by atoms with Crippen LogP contribution in [0.2, 0.25) is 0 Å². The molecular weight excluding hydrogens is 228 g/mol. The Morgan fingerprint density at radius 2 is 2.22 bits per heavy atom. The Labute approximate surface area is 109 Å². The van der Waals surface area contributed by atoms with Crippen molar-refractivity contribution in [1.29, 1.82) is 0 Å². The summed E-state index contributed by atoms with van der Waals surface area (Å²) < 4.78 is 4.92. The van der Waals surface area contributed by atoms with Gasteiger partial charge in [-0.05, 0) is 33.6 Å². The second-order valence-electron chi connectivity index (χ2n) is 5.12. The number of aliphatic hydroxyl groups is 1. The molecule has 1 aliphatic rings. The van der Waals surface area contributed by atoms with Crippen molar-refractivity contribution >= 4 is 5.97 Å². The fourth-order valence-electron chi connectivity index (χ4n) is 1.95. The summed E-state index contributed by atoms with van der Waals surface area (Å²) in [5.74, 6) is -0.191. The molecule has 3 heteroatoms. The first-order valence-corrected chi connectivity index (χ1v) is 6.24. The minimum Gasteiger partial charge on any atom is -0.462 e. The molecule has 0 aromatic carbocycles. The van der Waals surface area contributed by atoms with Gasteiger partial charge in [0, 0.05) is 11.5 Å². The molecular formula is C15H22O3. The number of aliphatic hydroxyl groups excluding tert-OH is 1. The fraction of sp³-hybridized carbons (Fsp3) is 0.533. The van der Waals surface area contributed by atoms with Crippen molar-refractivity contribution in [3.63, 3.8) is 0 Å². The molecule has 0 saturated carbocycles. The number of hydrogen-bond donors (Lipinski definition) is 1. The zero-order chi connectivity index (χ0) is 13.7. The van der Waals surface area contributed by atoms with E-state index in [1.54, 1.807) is 0 Å². The van der Waals surface area contributed by atoms with Crippen molar-refractivity contribution in [2.75, 3.05) is 6.61 Å². The Morgan fingerprint density at radius 1 is 1.56 bits per heavy atom. The van der Waals surface area contributed by atoms with Crippen molar-refractivity contribution in [2.24, 2.45) is 5.92 Å². The average molecular weight is 250 g/mol. The van der Waals surface area contributed by atoms with Crippen LogP contribution in [-0.4, -0.2) is 23.8 Å². The van der Waals surface area contributed by atoms with E-state index in [2.05, 4.69) is 12.7 Å².